The van der Waals surface area contributed by atoms with Gasteiger partial charge in [-0.1, -0.05) is 12.1 Å². The Morgan fingerprint density at radius 3 is 2.54 bits per heavy atom. The van der Waals surface area contributed by atoms with Gasteiger partial charge in [-0.15, -0.1) is 11.3 Å². The van der Waals surface area contributed by atoms with Gasteiger partial charge in [0.05, 0.1) is 9.35 Å². The van der Waals surface area contributed by atoms with Gasteiger partial charge in [-0.25, -0.2) is 17.5 Å². The Labute approximate surface area is 164 Å². The molecule has 1 amide bonds. The summed E-state index contributed by atoms with van der Waals surface area (Å²) in [6.07, 6.45) is 1.35. The first-order valence-electron chi connectivity index (χ1n) is 8.15. The van der Waals surface area contributed by atoms with Gasteiger partial charge in [0.15, 0.2) is 0 Å². The summed E-state index contributed by atoms with van der Waals surface area (Å²) in [6, 6.07) is 9.21. The van der Waals surface area contributed by atoms with Crippen molar-refractivity contribution in [3.63, 3.8) is 0 Å². The van der Waals surface area contributed by atoms with Crippen molar-refractivity contribution in [3.05, 3.63) is 51.6 Å². The summed E-state index contributed by atoms with van der Waals surface area (Å²) in [4.78, 5) is 14.0. The fourth-order valence-electron chi connectivity index (χ4n) is 2.89. The predicted molar refractivity (Wildman–Crippen MR) is 102 cm³/mol. The minimum absolute atomic E-state index is 0.0786. The van der Waals surface area contributed by atoms with Crippen LogP contribution in [0.25, 0.3) is 0 Å². The van der Waals surface area contributed by atoms with Crippen LogP contribution >= 0.6 is 27.3 Å². The lowest BCUT2D eigenvalue weighted by Crippen LogP contribution is -2.41. The van der Waals surface area contributed by atoms with Gasteiger partial charge in [0.1, 0.15) is 10.0 Å². The van der Waals surface area contributed by atoms with Gasteiger partial charge in [-0.3, -0.25) is 4.79 Å². The van der Waals surface area contributed by atoms with Crippen LogP contribution in [0.1, 0.15) is 23.2 Å². The highest BCUT2D eigenvalue weighted by molar-refractivity contribution is 9.11. The fraction of sp³-hybridized carbons (Fsp3) is 0.353. The summed E-state index contributed by atoms with van der Waals surface area (Å²) in [6.45, 7) is 1.31. The lowest BCUT2D eigenvalue weighted by atomic mass is 9.96. The normalized spacial score (nSPS) is 16.0. The molecule has 0 spiro atoms. The molecule has 1 N–H and O–H groups in total. The Bertz CT molecular complexity index is 893. The molecular weight excluding hydrogens is 443 g/mol. The topological polar surface area (TPSA) is 66.5 Å². The highest BCUT2D eigenvalue weighted by atomic mass is 79.9. The van der Waals surface area contributed by atoms with Crippen molar-refractivity contribution in [1.82, 2.24) is 9.62 Å². The second kappa shape index (κ2) is 8.16. The van der Waals surface area contributed by atoms with E-state index in [1.807, 2.05) is 0 Å². The lowest BCUT2D eigenvalue weighted by molar-refractivity contribution is 0.0687. The van der Waals surface area contributed by atoms with E-state index >= 15 is 0 Å². The van der Waals surface area contributed by atoms with Crippen LogP contribution in [0.2, 0.25) is 0 Å². The van der Waals surface area contributed by atoms with E-state index < -0.39 is 15.8 Å². The van der Waals surface area contributed by atoms with E-state index in [1.165, 1.54) is 12.1 Å². The second-order valence-electron chi connectivity index (χ2n) is 6.13. The molecule has 9 heteroatoms. The Balaban J connectivity index is 1.53. The van der Waals surface area contributed by atoms with E-state index in [2.05, 4.69) is 20.7 Å². The Morgan fingerprint density at radius 1 is 1.23 bits per heavy atom. The number of benzene rings is 1. The number of carbonyl (C=O) groups is 1. The van der Waals surface area contributed by atoms with Crippen LogP contribution in [0, 0.1) is 11.7 Å². The quantitative estimate of drug-likeness (QED) is 0.742. The van der Waals surface area contributed by atoms with Gasteiger partial charge < -0.3 is 4.90 Å². The minimum atomic E-state index is -3.51. The van der Waals surface area contributed by atoms with Crippen LogP contribution in [0.5, 0.6) is 0 Å². The highest BCUT2D eigenvalue weighted by Crippen LogP contribution is 2.26. The third kappa shape index (κ3) is 4.51. The number of rotatable bonds is 5. The van der Waals surface area contributed by atoms with Crippen molar-refractivity contribution >= 4 is 43.2 Å². The molecule has 0 atom stereocenters. The third-order valence-electron chi connectivity index (χ3n) is 4.38. The molecule has 140 valence electrons. The maximum absolute atomic E-state index is 13.8. The van der Waals surface area contributed by atoms with Gasteiger partial charge in [0, 0.05) is 19.6 Å². The van der Waals surface area contributed by atoms with Crippen LogP contribution in [-0.4, -0.2) is 38.9 Å². The minimum Gasteiger partial charge on any atom is -0.339 e. The Hall–Kier alpha value is -1.29. The molecule has 2 heterocycles. The lowest BCUT2D eigenvalue weighted by Gasteiger charge is -2.32. The number of nitrogens with one attached hydrogen (secondary N) is 1. The fourth-order valence-corrected chi connectivity index (χ4v) is 6.06. The molecule has 0 bridgehead atoms. The third-order valence-corrected chi connectivity index (χ3v) is 7.92. The molecule has 5 nitrogen and oxygen atoms in total. The maximum Gasteiger partial charge on any atom is 0.256 e. The number of carbonyl (C=O) groups excluding carboxylic acids is 1. The van der Waals surface area contributed by atoms with Crippen LogP contribution < -0.4 is 4.72 Å². The van der Waals surface area contributed by atoms with E-state index in [0.29, 0.717) is 32.5 Å². The Morgan fingerprint density at radius 2 is 1.92 bits per heavy atom. The number of likely N-dealkylation sites (tertiary alicyclic amines) is 1. The number of thiophene rings is 1. The second-order valence-corrected chi connectivity index (χ2v) is 10.6. The molecule has 1 saturated heterocycles. The van der Waals surface area contributed by atoms with Crippen molar-refractivity contribution in [3.8, 4) is 0 Å². The number of hydrogen-bond donors (Lipinski definition) is 1. The number of halogens is 2. The number of amides is 1. The molecule has 0 radical (unpaired) electrons. The van der Waals surface area contributed by atoms with Crippen molar-refractivity contribution in [2.24, 2.45) is 5.92 Å². The number of hydrogen-bond acceptors (Lipinski definition) is 4. The van der Waals surface area contributed by atoms with Gasteiger partial charge in [0.25, 0.3) is 5.91 Å². The smallest absolute Gasteiger partial charge is 0.256 e. The maximum atomic E-state index is 13.8. The zero-order chi connectivity index (χ0) is 18.7. The molecule has 0 aliphatic carbocycles. The molecule has 1 aliphatic rings. The van der Waals surface area contributed by atoms with E-state index in [0.717, 1.165) is 15.1 Å². The zero-order valence-corrected chi connectivity index (χ0v) is 17.0. The van der Waals surface area contributed by atoms with Crippen molar-refractivity contribution in [2.45, 2.75) is 17.1 Å². The molecule has 1 fully saturated rings. The molecular formula is C17H18BrFN2O3S2. The van der Waals surface area contributed by atoms with Gasteiger partial charge in [0.2, 0.25) is 10.0 Å². The molecule has 3 rings (SSSR count). The SMILES string of the molecule is O=C(c1ccccc1F)N1CCC(CNS(=O)(=O)c2ccc(Br)s2)CC1. The van der Waals surface area contributed by atoms with Gasteiger partial charge >= 0.3 is 0 Å². The summed E-state index contributed by atoms with van der Waals surface area (Å²) >= 11 is 4.42. The summed E-state index contributed by atoms with van der Waals surface area (Å²) in [5.74, 6) is -0.682. The first-order valence-corrected chi connectivity index (χ1v) is 11.2. The molecule has 1 aromatic carbocycles. The Kier molecular flexibility index (Phi) is 6.11. The number of piperidine rings is 1. The van der Waals surface area contributed by atoms with E-state index in [4.69, 9.17) is 0 Å². The average molecular weight is 461 g/mol. The number of nitrogens with zero attached hydrogens (tertiary/aromatic N) is 1. The summed E-state index contributed by atoms with van der Waals surface area (Å²) < 4.78 is 41.9. The standard InChI is InChI=1S/C17H18BrFN2O3S2/c18-15-5-6-16(25-15)26(23,24)20-11-12-7-9-21(10-8-12)17(22)13-3-1-2-4-14(13)19/h1-6,12,20H,7-11H2. The van der Waals surface area contributed by atoms with E-state index in [1.54, 1.807) is 29.2 Å². The molecule has 0 saturated carbocycles. The zero-order valence-electron chi connectivity index (χ0n) is 13.8. The predicted octanol–water partition coefficient (Wildman–Crippen LogP) is 3.48. The average Bonchev–Trinajstić information content (AvgIpc) is 3.08. The van der Waals surface area contributed by atoms with E-state index in [-0.39, 0.29) is 21.6 Å². The molecule has 1 aliphatic heterocycles. The molecule has 26 heavy (non-hydrogen) atoms. The summed E-state index contributed by atoms with van der Waals surface area (Å²) in [5.41, 5.74) is 0.0786. The molecule has 0 unspecified atom stereocenters. The van der Waals surface area contributed by atoms with Crippen molar-refractivity contribution in [2.75, 3.05) is 19.6 Å². The highest BCUT2D eigenvalue weighted by Gasteiger charge is 2.26. The monoisotopic (exact) mass is 460 g/mol. The largest absolute Gasteiger partial charge is 0.339 e. The van der Waals surface area contributed by atoms with Crippen molar-refractivity contribution < 1.29 is 17.6 Å². The van der Waals surface area contributed by atoms with Crippen LogP contribution in [-0.2, 0) is 10.0 Å². The number of sulfonamides is 1. The molecule has 1 aromatic heterocycles. The summed E-state index contributed by atoms with van der Waals surface area (Å²) in [7, 11) is -3.51. The van der Waals surface area contributed by atoms with Gasteiger partial charge in [-0.05, 0) is 59.0 Å². The first-order chi connectivity index (χ1) is 12.4. The van der Waals surface area contributed by atoms with Gasteiger partial charge in [-0.2, -0.15) is 0 Å². The van der Waals surface area contributed by atoms with E-state index in [9.17, 15) is 17.6 Å². The van der Waals surface area contributed by atoms with Crippen molar-refractivity contribution in [1.29, 1.82) is 0 Å². The first kappa shape index (κ1) is 19.5. The van der Waals surface area contributed by atoms with Crippen LogP contribution in [0.15, 0.2) is 44.4 Å². The van der Waals surface area contributed by atoms with Crippen LogP contribution in [0.3, 0.4) is 0 Å². The summed E-state index contributed by atoms with van der Waals surface area (Å²) in [5, 5.41) is 0. The molecule has 2 aromatic rings. The van der Waals surface area contributed by atoms with Crippen LogP contribution in [0.4, 0.5) is 4.39 Å².